The average Bonchev–Trinajstić information content (AvgIpc) is 2.44. The predicted molar refractivity (Wildman–Crippen MR) is 82.6 cm³/mol. The Morgan fingerprint density at radius 3 is 2.52 bits per heavy atom. The average molecular weight is 330 g/mol. The second-order valence-corrected chi connectivity index (χ2v) is 6.79. The lowest BCUT2D eigenvalue weighted by atomic mass is 9.85. The van der Waals surface area contributed by atoms with Gasteiger partial charge in [0.15, 0.2) is 0 Å². The van der Waals surface area contributed by atoms with Crippen molar-refractivity contribution in [1.82, 2.24) is 4.90 Å². The zero-order valence-corrected chi connectivity index (χ0v) is 14.3. The molecule has 1 aliphatic rings. The van der Waals surface area contributed by atoms with E-state index in [4.69, 9.17) is 9.47 Å². The number of rotatable bonds is 5. The topological polar surface area (TPSA) is 99.0 Å². The molecule has 0 N–H and O–H groups in total. The van der Waals surface area contributed by atoms with Gasteiger partial charge in [-0.15, -0.1) is 0 Å². The third-order valence-electron chi connectivity index (χ3n) is 3.69. The van der Waals surface area contributed by atoms with Gasteiger partial charge in [-0.25, -0.2) is 4.79 Å². The minimum Gasteiger partial charge on any atom is -0.466 e. The smallest absolute Gasteiger partial charge is 0.410 e. The summed E-state index contributed by atoms with van der Waals surface area (Å²) in [4.78, 5) is 36.2. The van der Waals surface area contributed by atoms with Crippen LogP contribution in [-0.4, -0.2) is 52.7 Å². The van der Waals surface area contributed by atoms with Gasteiger partial charge in [-0.05, 0) is 34.1 Å². The fourth-order valence-corrected chi connectivity index (χ4v) is 2.61. The molecule has 8 nitrogen and oxygen atoms in total. The summed E-state index contributed by atoms with van der Waals surface area (Å²) in [6.45, 7) is 7.54. The van der Waals surface area contributed by atoms with Crippen molar-refractivity contribution in [2.24, 2.45) is 0 Å². The van der Waals surface area contributed by atoms with Gasteiger partial charge in [0.1, 0.15) is 5.60 Å². The summed E-state index contributed by atoms with van der Waals surface area (Å²) in [5.74, 6) is -0.455. The first kappa shape index (κ1) is 19.2. The molecule has 1 unspecified atom stereocenters. The molecule has 0 aliphatic carbocycles. The van der Waals surface area contributed by atoms with Crippen molar-refractivity contribution in [2.75, 3.05) is 19.7 Å². The molecule has 1 heterocycles. The fraction of sp³-hybridized carbons (Fsp3) is 0.867. The van der Waals surface area contributed by atoms with E-state index in [1.807, 2.05) is 0 Å². The molecule has 1 atom stereocenters. The highest BCUT2D eigenvalue weighted by molar-refractivity contribution is 5.70. The maximum absolute atomic E-state index is 12.2. The molecule has 23 heavy (non-hydrogen) atoms. The van der Waals surface area contributed by atoms with Crippen LogP contribution in [0, 0.1) is 10.1 Å². The Bertz CT molecular complexity index is 459. The Kier molecular flexibility index (Phi) is 6.35. The van der Waals surface area contributed by atoms with Crippen LogP contribution < -0.4 is 0 Å². The molecule has 0 bridgehead atoms. The molecule has 132 valence electrons. The van der Waals surface area contributed by atoms with Crippen LogP contribution in [-0.2, 0) is 14.3 Å². The van der Waals surface area contributed by atoms with E-state index in [-0.39, 0.29) is 30.9 Å². The van der Waals surface area contributed by atoms with Crippen molar-refractivity contribution >= 4 is 12.1 Å². The maximum atomic E-state index is 12.2. The fourth-order valence-electron chi connectivity index (χ4n) is 2.61. The number of esters is 1. The van der Waals surface area contributed by atoms with Crippen molar-refractivity contribution in [1.29, 1.82) is 0 Å². The van der Waals surface area contributed by atoms with Gasteiger partial charge in [-0.1, -0.05) is 0 Å². The van der Waals surface area contributed by atoms with Gasteiger partial charge in [0, 0.05) is 24.3 Å². The van der Waals surface area contributed by atoms with Gasteiger partial charge in [0.05, 0.1) is 19.6 Å². The molecule has 0 aromatic heterocycles. The van der Waals surface area contributed by atoms with Crippen LogP contribution in [0.15, 0.2) is 0 Å². The highest BCUT2D eigenvalue weighted by atomic mass is 16.6. The summed E-state index contributed by atoms with van der Waals surface area (Å²) in [6.07, 6.45) is 0.302. The van der Waals surface area contributed by atoms with Crippen LogP contribution in [0.25, 0.3) is 0 Å². The molecule has 0 aromatic rings. The molecule has 0 radical (unpaired) electrons. The number of nitrogens with zero attached hydrogens (tertiary/aromatic N) is 2. The predicted octanol–water partition coefficient (Wildman–Crippen LogP) is 2.38. The zero-order valence-electron chi connectivity index (χ0n) is 14.3. The quantitative estimate of drug-likeness (QED) is 0.436. The number of ether oxygens (including phenoxy) is 2. The lowest BCUT2D eigenvalue weighted by molar-refractivity contribution is -0.575. The Morgan fingerprint density at radius 1 is 1.35 bits per heavy atom. The maximum Gasteiger partial charge on any atom is 0.410 e. The molecular formula is C15H26N2O6. The third kappa shape index (κ3) is 5.69. The number of amides is 1. The second-order valence-electron chi connectivity index (χ2n) is 6.79. The number of hydrogen-bond acceptors (Lipinski definition) is 6. The Labute approximate surface area is 136 Å². The molecule has 1 rings (SSSR count). The Balaban J connectivity index is 2.77. The van der Waals surface area contributed by atoms with Gasteiger partial charge in [-0.3, -0.25) is 14.9 Å². The lowest BCUT2D eigenvalue weighted by Crippen LogP contribution is -2.55. The summed E-state index contributed by atoms with van der Waals surface area (Å²) < 4.78 is 10.1. The molecule has 0 aromatic carbocycles. The van der Waals surface area contributed by atoms with Gasteiger partial charge in [0.2, 0.25) is 5.54 Å². The van der Waals surface area contributed by atoms with E-state index in [1.54, 1.807) is 27.7 Å². The summed E-state index contributed by atoms with van der Waals surface area (Å²) in [5.41, 5.74) is -1.97. The van der Waals surface area contributed by atoms with Gasteiger partial charge in [-0.2, -0.15) is 0 Å². The summed E-state index contributed by atoms with van der Waals surface area (Å²) in [6, 6.07) is 0. The molecule has 0 spiro atoms. The van der Waals surface area contributed by atoms with E-state index >= 15 is 0 Å². The van der Waals surface area contributed by atoms with Crippen LogP contribution in [0.3, 0.4) is 0 Å². The first-order chi connectivity index (χ1) is 10.6. The van der Waals surface area contributed by atoms with E-state index < -0.39 is 23.2 Å². The van der Waals surface area contributed by atoms with E-state index in [0.29, 0.717) is 19.4 Å². The normalized spacial score (nSPS) is 21.7. The molecule has 0 saturated carbocycles. The minimum atomic E-state index is -1.32. The standard InChI is InChI=1S/C15H26N2O6/c1-5-22-12(18)7-9-15(17(20)21)8-6-10-16(11-15)13(19)23-14(2,3)4/h5-11H2,1-4H3. The first-order valence-corrected chi connectivity index (χ1v) is 7.88. The highest BCUT2D eigenvalue weighted by Crippen LogP contribution is 2.30. The number of hydrogen-bond donors (Lipinski definition) is 0. The largest absolute Gasteiger partial charge is 0.466 e. The monoisotopic (exact) mass is 330 g/mol. The lowest BCUT2D eigenvalue weighted by Gasteiger charge is -2.37. The Hall–Kier alpha value is -1.86. The molecule has 1 saturated heterocycles. The zero-order chi connectivity index (χ0) is 17.7. The van der Waals surface area contributed by atoms with Crippen LogP contribution in [0.2, 0.25) is 0 Å². The van der Waals surface area contributed by atoms with Gasteiger partial charge >= 0.3 is 12.1 Å². The molecular weight excluding hydrogens is 304 g/mol. The molecule has 1 fully saturated rings. The van der Waals surface area contributed by atoms with Crippen molar-refractivity contribution in [3.05, 3.63) is 10.1 Å². The summed E-state index contributed by atoms with van der Waals surface area (Å²) in [7, 11) is 0. The van der Waals surface area contributed by atoms with Crippen LogP contribution in [0.1, 0.15) is 53.4 Å². The highest BCUT2D eigenvalue weighted by Gasteiger charge is 2.48. The van der Waals surface area contributed by atoms with E-state index in [1.165, 1.54) is 4.90 Å². The summed E-state index contributed by atoms with van der Waals surface area (Å²) >= 11 is 0. The van der Waals surface area contributed by atoms with Crippen LogP contribution in [0.4, 0.5) is 4.79 Å². The van der Waals surface area contributed by atoms with Gasteiger partial charge in [0.25, 0.3) is 0 Å². The van der Waals surface area contributed by atoms with Gasteiger partial charge < -0.3 is 14.4 Å². The van der Waals surface area contributed by atoms with Crippen molar-refractivity contribution < 1.29 is 24.0 Å². The number of carbonyl (C=O) groups is 2. The number of nitro groups is 1. The summed E-state index contributed by atoms with van der Waals surface area (Å²) in [5, 5.41) is 11.6. The van der Waals surface area contributed by atoms with E-state index in [9.17, 15) is 19.7 Å². The molecule has 8 heteroatoms. The molecule has 1 aliphatic heterocycles. The first-order valence-electron chi connectivity index (χ1n) is 7.88. The van der Waals surface area contributed by atoms with E-state index in [2.05, 4.69) is 0 Å². The molecule has 1 amide bonds. The van der Waals surface area contributed by atoms with Crippen LogP contribution in [0.5, 0.6) is 0 Å². The number of likely N-dealkylation sites (tertiary alicyclic amines) is 1. The second kappa shape index (κ2) is 7.61. The SMILES string of the molecule is CCOC(=O)CCC1([N+](=O)[O-])CCCN(C(=O)OC(C)(C)C)C1. The number of piperidine rings is 1. The van der Waals surface area contributed by atoms with E-state index in [0.717, 1.165) is 0 Å². The minimum absolute atomic E-state index is 0.0308. The van der Waals surface area contributed by atoms with Crippen LogP contribution >= 0.6 is 0 Å². The third-order valence-corrected chi connectivity index (χ3v) is 3.69. The van der Waals surface area contributed by atoms with Crippen molar-refractivity contribution in [3.8, 4) is 0 Å². The van der Waals surface area contributed by atoms with Crippen molar-refractivity contribution in [3.63, 3.8) is 0 Å². The number of carbonyl (C=O) groups excluding carboxylic acids is 2. The van der Waals surface area contributed by atoms with Crippen molar-refractivity contribution in [2.45, 2.75) is 64.5 Å². The Morgan fingerprint density at radius 2 is 2.00 bits per heavy atom.